The zero-order chi connectivity index (χ0) is 12.8. The van der Waals surface area contributed by atoms with Gasteiger partial charge in [-0.2, -0.15) is 0 Å². The third-order valence-corrected chi connectivity index (χ3v) is 3.12. The van der Waals surface area contributed by atoms with E-state index in [1.54, 1.807) is 0 Å². The van der Waals surface area contributed by atoms with Crippen molar-refractivity contribution in [1.82, 2.24) is 4.90 Å². The number of hydrogen-bond acceptors (Lipinski definition) is 4. The van der Waals surface area contributed by atoms with Crippen molar-refractivity contribution in [3.8, 4) is 0 Å². The SMILES string of the molecule is CCC(N)C(c1ccc(C)o1)N(CC)CCO. The van der Waals surface area contributed by atoms with Crippen molar-refractivity contribution in [3.63, 3.8) is 0 Å². The molecule has 0 aliphatic carbocycles. The van der Waals surface area contributed by atoms with E-state index in [0.717, 1.165) is 24.5 Å². The number of aliphatic hydroxyl groups excluding tert-OH is 1. The fourth-order valence-corrected chi connectivity index (χ4v) is 2.12. The first kappa shape index (κ1) is 14.2. The summed E-state index contributed by atoms with van der Waals surface area (Å²) in [6.45, 7) is 7.68. The number of rotatable bonds is 7. The number of hydrogen-bond donors (Lipinski definition) is 2. The first-order valence-electron chi connectivity index (χ1n) is 6.30. The van der Waals surface area contributed by atoms with Crippen LogP contribution in [0.5, 0.6) is 0 Å². The number of likely N-dealkylation sites (N-methyl/N-ethyl adjacent to an activating group) is 1. The number of aliphatic hydroxyl groups is 1. The highest BCUT2D eigenvalue weighted by Crippen LogP contribution is 2.26. The quantitative estimate of drug-likeness (QED) is 0.761. The molecule has 0 aliphatic heterocycles. The Morgan fingerprint density at radius 3 is 2.53 bits per heavy atom. The molecule has 17 heavy (non-hydrogen) atoms. The second kappa shape index (κ2) is 6.79. The van der Waals surface area contributed by atoms with Gasteiger partial charge >= 0.3 is 0 Å². The van der Waals surface area contributed by atoms with E-state index in [1.165, 1.54) is 0 Å². The highest BCUT2D eigenvalue weighted by Gasteiger charge is 2.27. The molecule has 0 radical (unpaired) electrons. The predicted molar refractivity (Wildman–Crippen MR) is 68.8 cm³/mol. The average molecular weight is 240 g/mol. The molecule has 1 aromatic rings. The Morgan fingerprint density at radius 2 is 2.12 bits per heavy atom. The van der Waals surface area contributed by atoms with Crippen LogP contribution in [0, 0.1) is 6.92 Å². The van der Waals surface area contributed by atoms with Gasteiger partial charge in [-0.1, -0.05) is 13.8 Å². The van der Waals surface area contributed by atoms with E-state index in [2.05, 4.69) is 18.7 Å². The van der Waals surface area contributed by atoms with Gasteiger partial charge in [0.2, 0.25) is 0 Å². The maximum atomic E-state index is 9.11. The van der Waals surface area contributed by atoms with Crippen molar-refractivity contribution in [3.05, 3.63) is 23.7 Å². The number of nitrogens with two attached hydrogens (primary N) is 1. The van der Waals surface area contributed by atoms with Crippen LogP contribution in [0.15, 0.2) is 16.5 Å². The Kier molecular flexibility index (Phi) is 5.68. The van der Waals surface area contributed by atoms with Gasteiger partial charge in [0.05, 0.1) is 12.6 Å². The molecule has 4 heteroatoms. The molecule has 98 valence electrons. The van der Waals surface area contributed by atoms with Gasteiger partial charge in [-0.15, -0.1) is 0 Å². The van der Waals surface area contributed by atoms with Gasteiger partial charge < -0.3 is 15.3 Å². The number of furan rings is 1. The molecule has 3 N–H and O–H groups in total. The Labute approximate surface area is 103 Å². The third-order valence-electron chi connectivity index (χ3n) is 3.12. The molecule has 2 atom stereocenters. The van der Waals surface area contributed by atoms with Crippen LogP contribution in [0.3, 0.4) is 0 Å². The molecular weight excluding hydrogens is 216 g/mol. The smallest absolute Gasteiger partial charge is 0.122 e. The summed E-state index contributed by atoms with van der Waals surface area (Å²) in [7, 11) is 0. The summed E-state index contributed by atoms with van der Waals surface area (Å²) in [5, 5.41) is 9.11. The maximum absolute atomic E-state index is 9.11. The first-order valence-corrected chi connectivity index (χ1v) is 6.30. The molecule has 4 nitrogen and oxygen atoms in total. The summed E-state index contributed by atoms with van der Waals surface area (Å²) in [4.78, 5) is 2.16. The molecule has 1 aromatic heterocycles. The van der Waals surface area contributed by atoms with E-state index in [1.807, 2.05) is 19.1 Å². The molecule has 0 bridgehead atoms. The third kappa shape index (κ3) is 3.56. The summed E-state index contributed by atoms with van der Waals surface area (Å²) in [6.07, 6.45) is 0.881. The minimum Gasteiger partial charge on any atom is -0.465 e. The molecule has 1 heterocycles. The van der Waals surface area contributed by atoms with E-state index in [-0.39, 0.29) is 18.7 Å². The van der Waals surface area contributed by atoms with Crippen molar-refractivity contribution in [2.45, 2.75) is 39.3 Å². The minimum atomic E-state index is 0.0204. The van der Waals surface area contributed by atoms with Crippen molar-refractivity contribution >= 4 is 0 Å². The van der Waals surface area contributed by atoms with E-state index in [0.29, 0.717) is 6.54 Å². The normalized spacial score (nSPS) is 15.2. The van der Waals surface area contributed by atoms with Crippen molar-refractivity contribution < 1.29 is 9.52 Å². The summed E-state index contributed by atoms with van der Waals surface area (Å²) in [5.74, 6) is 1.79. The lowest BCUT2D eigenvalue weighted by molar-refractivity contribution is 0.123. The van der Waals surface area contributed by atoms with E-state index in [9.17, 15) is 0 Å². The van der Waals surface area contributed by atoms with Crippen LogP contribution < -0.4 is 5.73 Å². The van der Waals surface area contributed by atoms with Gasteiger partial charge in [0.25, 0.3) is 0 Å². The summed E-state index contributed by atoms with van der Waals surface area (Å²) in [5.41, 5.74) is 6.18. The van der Waals surface area contributed by atoms with Gasteiger partial charge in [0.15, 0.2) is 0 Å². The molecule has 0 saturated heterocycles. The lowest BCUT2D eigenvalue weighted by atomic mass is 10.0. The van der Waals surface area contributed by atoms with Gasteiger partial charge in [0, 0.05) is 12.6 Å². The van der Waals surface area contributed by atoms with Crippen LogP contribution in [-0.2, 0) is 0 Å². The molecule has 0 fully saturated rings. The van der Waals surface area contributed by atoms with Gasteiger partial charge in [-0.25, -0.2) is 0 Å². The first-order chi connectivity index (χ1) is 8.13. The van der Waals surface area contributed by atoms with Gasteiger partial charge in [0.1, 0.15) is 11.5 Å². The lowest BCUT2D eigenvalue weighted by Gasteiger charge is -2.32. The summed E-state index contributed by atoms with van der Waals surface area (Å²) >= 11 is 0. The average Bonchev–Trinajstić information content (AvgIpc) is 2.74. The highest BCUT2D eigenvalue weighted by atomic mass is 16.3. The van der Waals surface area contributed by atoms with Crippen LogP contribution in [0.25, 0.3) is 0 Å². The van der Waals surface area contributed by atoms with Crippen molar-refractivity contribution in [2.24, 2.45) is 5.73 Å². The Morgan fingerprint density at radius 1 is 1.41 bits per heavy atom. The maximum Gasteiger partial charge on any atom is 0.122 e. The van der Waals surface area contributed by atoms with Crippen LogP contribution in [-0.4, -0.2) is 35.7 Å². The van der Waals surface area contributed by atoms with Crippen LogP contribution >= 0.6 is 0 Å². The number of aryl methyl sites for hydroxylation is 1. The summed E-state index contributed by atoms with van der Waals surface area (Å²) < 4.78 is 5.69. The van der Waals surface area contributed by atoms with E-state index in [4.69, 9.17) is 15.3 Å². The Hall–Kier alpha value is -0.840. The molecular formula is C13H24N2O2. The molecule has 0 saturated carbocycles. The predicted octanol–water partition coefficient (Wildman–Crippen LogP) is 1.68. The monoisotopic (exact) mass is 240 g/mol. The molecule has 2 unspecified atom stereocenters. The minimum absolute atomic E-state index is 0.0204. The molecule has 1 rings (SSSR count). The second-order valence-electron chi connectivity index (χ2n) is 4.32. The van der Waals surface area contributed by atoms with Crippen molar-refractivity contribution in [1.29, 1.82) is 0 Å². The zero-order valence-electron chi connectivity index (χ0n) is 11.0. The molecule has 0 amide bonds. The van der Waals surface area contributed by atoms with E-state index >= 15 is 0 Å². The van der Waals surface area contributed by atoms with Crippen molar-refractivity contribution in [2.75, 3.05) is 19.7 Å². The van der Waals surface area contributed by atoms with Crippen LogP contribution in [0.4, 0.5) is 0 Å². The standard InChI is InChI=1S/C13H24N2O2/c1-4-11(14)13(15(5-2)8-9-16)12-7-6-10(3)17-12/h6-7,11,13,16H,4-5,8-9,14H2,1-3H3. The van der Waals surface area contributed by atoms with Crippen LogP contribution in [0.1, 0.15) is 37.8 Å². The largest absolute Gasteiger partial charge is 0.465 e. The van der Waals surface area contributed by atoms with Gasteiger partial charge in [-0.3, -0.25) is 4.90 Å². The zero-order valence-corrected chi connectivity index (χ0v) is 11.0. The number of nitrogens with zero attached hydrogens (tertiary/aromatic N) is 1. The fraction of sp³-hybridized carbons (Fsp3) is 0.692. The fourth-order valence-electron chi connectivity index (χ4n) is 2.12. The molecule has 0 spiro atoms. The van der Waals surface area contributed by atoms with Crippen LogP contribution in [0.2, 0.25) is 0 Å². The lowest BCUT2D eigenvalue weighted by Crippen LogP contribution is -2.41. The Balaban J connectivity index is 2.93. The van der Waals surface area contributed by atoms with E-state index < -0.39 is 0 Å². The summed E-state index contributed by atoms with van der Waals surface area (Å²) in [6, 6.07) is 4.01. The topological polar surface area (TPSA) is 62.6 Å². The molecule has 0 aromatic carbocycles. The van der Waals surface area contributed by atoms with Gasteiger partial charge in [-0.05, 0) is 32.0 Å². The highest BCUT2D eigenvalue weighted by molar-refractivity contribution is 5.12. The Bertz CT molecular complexity index is 325. The second-order valence-corrected chi connectivity index (χ2v) is 4.32. The molecule has 0 aliphatic rings.